The van der Waals surface area contributed by atoms with Crippen molar-refractivity contribution >= 4 is 35.1 Å². The van der Waals surface area contributed by atoms with E-state index in [4.69, 9.17) is 0 Å². The lowest BCUT2D eigenvalue weighted by molar-refractivity contribution is -0.113. The molecule has 1 heterocycles. The van der Waals surface area contributed by atoms with Crippen LogP contribution in [0.15, 0.2) is 88.9 Å². The zero-order valence-electron chi connectivity index (χ0n) is 16.7. The van der Waals surface area contributed by atoms with E-state index in [0.717, 1.165) is 16.3 Å². The first-order valence-corrected chi connectivity index (χ1v) is 11.7. The molecule has 3 aromatic carbocycles. The highest BCUT2D eigenvalue weighted by atomic mass is 32.2. The topological polar surface area (TPSA) is 59.8 Å². The molecule has 0 aliphatic rings. The van der Waals surface area contributed by atoms with Gasteiger partial charge in [-0.1, -0.05) is 54.2 Å². The molecule has 1 N–H and O–H groups in total. The number of carbonyl (C=O) groups excluding carboxylic acids is 1. The lowest BCUT2D eigenvalue weighted by Crippen LogP contribution is -2.15. The Morgan fingerprint density at radius 2 is 1.68 bits per heavy atom. The first-order valence-electron chi connectivity index (χ1n) is 9.49. The molecule has 0 radical (unpaired) electrons. The monoisotopic (exact) mass is 450 g/mol. The second kappa shape index (κ2) is 9.80. The molecule has 5 nitrogen and oxygen atoms in total. The SMILES string of the molecule is CSc1ccccc1NC(=O)CSc1nnc(-c2ccccc2F)n1-c1ccccc1. The Morgan fingerprint density at radius 1 is 0.968 bits per heavy atom. The first-order chi connectivity index (χ1) is 15.2. The van der Waals surface area contributed by atoms with Gasteiger partial charge in [-0.05, 0) is 42.7 Å². The van der Waals surface area contributed by atoms with Gasteiger partial charge in [0.1, 0.15) is 5.82 Å². The number of benzene rings is 3. The Balaban J connectivity index is 1.60. The predicted molar refractivity (Wildman–Crippen MR) is 124 cm³/mol. The molecule has 0 fully saturated rings. The largest absolute Gasteiger partial charge is 0.324 e. The Labute approximate surface area is 188 Å². The van der Waals surface area contributed by atoms with Crippen LogP contribution in [0.4, 0.5) is 10.1 Å². The number of amides is 1. The van der Waals surface area contributed by atoms with E-state index < -0.39 is 0 Å². The van der Waals surface area contributed by atoms with E-state index >= 15 is 0 Å². The molecule has 4 aromatic rings. The van der Waals surface area contributed by atoms with E-state index in [-0.39, 0.29) is 17.5 Å². The zero-order chi connectivity index (χ0) is 21.6. The van der Waals surface area contributed by atoms with Crippen LogP contribution in [0.2, 0.25) is 0 Å². The number of nitrogens with one attached hydrogen (secondary N) is 1. The van der Waals surface area contributed by atoms with Crippen molar-refractivity contribution < 1.29 is 9.18 Å². The number of nitrogens with zero attached hydrogens (tertiary/aromatic N) is 3. The standard InChI is InChI=1S/C23H19FN4OS2/c1-30-20-14-8-7-13-19(20)25-21(29)15-31-23-27-26-22(17-11-5-6-12-18(17)24)28(23)16-9-3-2-4-10-16/h2-14H,15H2,1H3,(H,25,29). The van der Waals surface area contributed by atoms with Crippen LogP contribution < -0.4 is 5.32 Å². The van der Waals surface area contributed by atoms with Gasteiger partial charge < -0.3 is 5.32 Å². The fraction of sp³-hybridized carbons (Fsp3) is 0.0870. The lowest BCUT2D eigenvalue weighted by Gasteiger charge is -2.11. The third kappa shape index (κ3) is 4.81. The Morgan fingerprint density at radius 3 is 2.45 bits per heavy atom. The molecule has 4 rings (SSSR count). The summed E-state index contributed by atoms with van der Waals surface area (Å²) in [7, 11) is 0. The summed E-state index contributed by atoms with van der Waals surface area (Å²) in [6, 6.07) is 23.6. The highest BCUT2D eigenvalue weighted by molar-refractivity contribution is 7.99. The fourth-order valence-corrected chi connectivity index (χ4v) is 4.36. The molecule has 0 aliphatic heterocycles. The Kier molecular flexibility index (Phi) is 6.69. The summed E-state index contributed by atoms with van der Waals surface area (Å²) >= 11 is 2.82. The average molecular weight is 451 g/mol. The van der Waals surface area contributed by atoms with Crippen LogP contribution in [0.1, 0.15) is 0 Å². The second-order valence-electron chi connectivity index (χ2n) is 6.49. The highest BCUT2D eigenvalue weighted by Gasteiger charge is 2.19. The number of para-hydroxylation sites is 2. The number of hydrogen-bond acceptors (Lipinski definition) is 5. The van der Waals surface area contributed by atoms with E-state index in [1.54, 1.807) is 34.5 Å². The molecule has 0 spiro atoms. The van der Waals surface area contributed by atoms with E-state index in [0.29, 0.717) is 16.5 Å². The maximum Gasteiger partial charge on any atom is 0.234 e. The Hall–Kier alpha value is -3.10. The predicted octanol–water partition coefficient (Wildman–Crippen LogP) is 5.53. The molecule has 1 aromatic heterocycles. The van der Waals surface area contributed by atoms with Gasteiger partial charge in [-0.3, -0.25) is 9.36 Å². The van der Waals surface area contributed by atoms with Crippen molar-refractivity contribution in [3.05, 3.63) is 84.7 Å². The number of carbonyl (C=O) groups is 1. The van der Waals surface area contributed by atoms with Crippen LogP contribution in [0.25, 0.3) is 17.1 Å². The van der Waals surface area contributed by atoms with Crippen LogP contribution in [0.3, 0.4) is 0 Å². The third-order valence-electron chi connectivity index (χ3n) is 4.48. The normalized spacial score (nSPS) is 10.8. The van der Waals surface area contributed by atoms with E-state index in [2.05, 4.69) is 15.5 Å². The summed E-state index contributed by atoms with van der Waals surface area (Å²) in [5.74, 6) is 0.00171. The van der Waals surface area contributed by atoms with Gasteiger partial charge in [-0.25, -0.2) is 4.39 Å². The zero-order valence-corrected chi connectivity index (χ0v) is 18.3. The van der Waals surface area contributed by atoms with Crippen molar-refractivity contribution in [2.75, 3.05) is 17.3 Å². The van der Waals surface area contributed by atoms with Gasteiger partial charge in [-0.15, -0.1) is 22.0 Å². The molecular formula is C23H19FN4OS2. The molecule has 0 bridgehead atoms. The lowest BCUT2D eigenvalue weighted by atomic mass is 10.2. The number of rotatable bonds is 7. The summed E-state index contributed by atoms with van der Waals surface area (Å²) in [6.07, 6.45) is 1.96. The molecule has 0 aliphatic carbocycles. The van der Waals surface area contributed by atoms with Crippen molar-refractivity contribution in [3.8, 4) is 17.1 Å². The van der Waals surface area contributed by atoms with Crippen LogP contribution in [0, 0.1) is 5.82 Å². The number of thioether (sulfide) groups is 2. The molecule has 0 unspecified atom stereocenters. The van der Waals surface area contributed by atoms with Crippen LogP contribution >= 0.6 is 23.5 Å². The molecule has 8 heteroatoms. The Bertz CT molecular complexity index is 1200. The summed E-state index contributed by atoms with van der Waals surface area (Å²) < 4.78 is 16.2. The van der Waals surface area contributed by atoms with E-state index in [1.807, 2.05) is 60.9 Å². The van der Waals surface area contributed by atoms with Gasteiger partial charge in [0.15, 0.2) is 11.0 Å². The van der Waals surface area contributed by atoms with Gasteiger partial charge in [0, 0.05) is 10.6 Å². The molecular weight excluding hydrogens is 431 g/mol. The van der Waals surface area contributed by atoms with Crippen molar-refractivity contribution in [3.63, 3.8) is 0 Å². The minimum Gasteiger partial charge on any atom is -0.324 e. The van der Waals surface area contributed by atoms with Gasteiger partial charge in [-0.2, -0.15) is 0 Å². The van der Waals surface area contributed by atoms with Crippen LogP contribution in [-0.4, -0.2) is 32.7 Å². The maximum atomic E-state index is 14.5. The number of hydrogen-bond donors (Lipinski definition) is 1. The van der Waals surface area contributed by atoms with E-state index in [9.17, 15) is 9.18 Å². The second-order valence-corrected chi connectivity index (χ2v) is 8.28. The smallest absolute Gasteiger partial charge is 0.234 e. The molecule has 156 valence electrons. The first kappa shape index (κ1) is 21.1. The average Bonchev–Trinajstić information content (AvgIpc) is 3.22. The summed E-state index contributed by atoms with van der Waals surface area (Å²) in [5.41, 5.74) is 1.92. The highest BCUT2D eigenvalue weighted by Crippen LogP contribution is 2.30. The summed E-state index contributed by atoms with van der Waals surface area (Å²) in [6.45, 7) is 0. The van der Waals surface area contributed by atoms with Crippen molar-refractivity contribution in [1.29, 1.82) is 0 Å². The molecule has 31 heavy (non-hydrogen) atoms. The van der Waals surface area contributed by atoms with Crippen LogP contribution in [-0.2, 0) is 4.79 Å². The fourth-order valence-electron chi connectivity index (χ4n) is 3.05. The van der Waals surface area contributed by atoms with Gasteiger partial charge in [0.25, 0.3) is 0 Å². The third-order valence-corrected chi connectivity index (χ3v) is 6.20. The quantitative estimate of drug-likeness (QED) is 0.375. The maximum absolute atomic E-state index is 14.5. The summed E-state index contributed by atoms with van der Waals surface area (Å²) in [5, 5.41) is 11.9. The number of aromatic nitrogens is 3. The van der Waals surface area contributed by atoms with Crippen molar-refractivity contribution in [2.24, 2.45) is 0 Å². The van der Waals surface area contributed by atoms with Gasteiger partial charge >= 0.3 is 0 Å². The minimum absolute atomic E-state index is 0.144. The minimum atomic E-state index is -0.380. The molecule has 1 amide bonds. The van der Waals surface area contributed by atoms with Crippen molar-refractivity contribution in [1.82, 2.24) is 14.8 Å². The van der Waals surface area contributed by atoms with E-state index in [1.165, 1.54) is 17.8 Å². The molecule has 0 saturated heterocycles. The van der Waals surface area contributed by atoms with Gasteiger partial charge in [0.05, 0.1) is 17.0 Å². The molecule has 0 saturated carbocycles. The van der Waals surface area contributed by atoms with Gasteiger partial charge in [0.2, 0.25) is 5.91 Å². The number of halogens is 1. The van der Waals surface area contributed by atoms with Crippen LogP contribution in [0.5, 0.6) is 0 Å². The molecule has 0 atom stereocenters. The number of anilines is 1. The summed E-state index contributed by atoms with van der Waals surface area (Å²) in [4.78, 5) is 13.6. The van der Waals surface area contributed by atoms with Crippen molar-refractivity contribution in [2.45, 2.75) is 10.1 Å².